The number of rotatable bonds is 10. The summed E-state index contributed by atoms with van der Waals surface area (Å²) in [6, 6.07) is 13.6. The number of carbonyl (C=O) groups excluding carboxylic acids is 2. The molecule has 1 N–H and O–H groups in total. The van der Waals surface area contributed by atoms with Crippen LogP contribution in [-0.2, 0) is 9.53 Å². The monoisotopic (exact) mass is 414 g/mol. The van der Waals surface area contributed by atoms with Crippen molar-refractivity contribution in [2.75, 3.05) is 13.2 Å². The molecule has 2 aromatic rings. The maximum absolute atomic E-state index is 12.4. The maximum Gasteiger partial charge on any atom is 0.339 e. The summed E-state index contributed by atoms with van der Waals surface area (Å²) in [6.07, 6.45) is -0.203. The van der Waals surface area contributed by atoms with Crippen LogP contribution in [0.4, 0.5) is 5.69 Å². The molecule has 2 atom stereocenters. The summed E-state index contributed by atoms with van der Waals surface area (Å²) in [7, 11) is 0. The Morgan fingerprint density at radius 2 is 1.83 bits per heavy atom. The highest BCUT2D eigenvalue weighted by molar-refractivity contribution is 5.93. The van der Waals surface area contributed by atoms with Gasteiger partial charge in [-0.15, -0.1) is 0 Å². The van der Waals surface area contributed by atoms with Gasteiger partial charge in [0.1, 0.15) is 0 Å². The average Bonchev–Trinajstić information content (AvgIpc) is 2.75. The van der Waals surface area contributed by atoms with E-state index in [0.717, 1.165) is 18.1 Å². The first-order valence-electron chi connectivity index (χ1n) is 9.82. The van der Waals surface area contributed by atoms with Crippen molar-refractivity contribution in [3.63, 3.8) is 0 Å². The van der Waals surface area contributed by atoms with Crippen LogP contribution < -0.4 is 10.1 Å². The molecule has 0 radical (unpaired) electrons. The maximum atomic E-state index is 12.4. The van der Waals surface area contributed by atoms with Crippen molar-refractivity contribution in [1.82, 2.24) is 5.32 Å². The number of ether oxygens (including phenoxy) is 2. The van der Waals surface area contributed by atoms with Crippen LogP contribution >= 0.6 is 0 Å². The third-order valence-electron chi connectivity index (χ3n) is 4.63. The van der Waals surface area contributed by atoms with Gasteiger partial charge in [0.25, 0.3) is 5.91 Å². The van der Waals surface area contributed by atoms with Gasteiger partial charge in [0.2, 0.25) is 0 Å². The van der Waals surface area contributed by atoms with Gasteiger partial charge in [-0.1, -0.05) is 37.3 Å². The van der Waals surface area contributed by atoms with Crippen LogP contribution in [-0.4, -0.2) is 36.1 Å². The Hall–Kier alpha value is -3.42. The Balaban J connectivity index is 1.98. The van der Waals surface area contributed by atoms with Gasteiger partial charge in [0.05, 0.1) is 17.1 Å². The van der Waals surface area contributed by atoms with Gasteiger partial charge < -0.3 is 14.8 Å². The minimum absolute atomic E-state index is 0.0273. The van der Waals surface area contributed by atoms with E-state index in [1.165, 1.54) is 19.1 Å². The molecule has 0 spiro atoms. The Labute approximate surface area is 175 Å². The minimum atomic E-state index is -1.04. The van der Waals surface area contributed by atoms with Gasteiger partial charge >= 0.3 is 11.7 Å². The fraction of sp³-hybridized carbons (Fsp3) is 0.364. The Bertz CT molecular complexity index is 884. The van der Waals surface area contributed by atoms with Gasteiger partial charge in [0, 0.05) is 18.5 Å². The van der Waals surface area contributed by atoms with E-state index in [1.807, 2.05) is 37.3 Å². The molecular weight excluding hydrogens is 388 g/mol. The molecule has 0 aliphatic carbocycles. The first-order valence-corrected chi connectivity index (χ1v) is 9.82. The molecule has 2 aromatic carbocycles. The quantitative estimate of drug-likeness (QED) is 0.359. The lowest BCUT2D eigenvalue weighted by Gasteiger charge is -2.18. The second-order valence-electron chi connectivity index (χ2n) is 6.68. The predicted octanol–water partition coefficient (Wildman–Crippen LogP) is 3.85. The average molecular weight is 414 g/mol. The second kappa shape index (κ2) is 10.9. The molecular formula is C22H26N2O6. The lowest BCUT2D eigenvalue weighted by molar-refractivity contribution is -0.385. The topological polar surface area (TPSA) is 108 Å². The summed E-state index contributed by atoms with van der Waals surface area (Å²) >= 11 is 0. The molecule has 1 amide bonds. The van der Waals surface area contributed by atoms with Crippen LogP contribution in [0.2, 0.25) is 0 Å². The molecule has 0 heterocycles. The van der Waals surface area contributed by atoms with Crippen molar-refractivity contribution >= 4 is 17.6 Å². The highest BCUT2D eigenvalue weighted by Gasteiger charge is 2.23. The van der Waals surface area contributed by atoms with E-state index < -0.39 is 22.9 Å². The van der Waals surface area contributed by atoms with Crippen molar-refractivity contribution in [2.24, 2.45) is 0 Å². The van der Waals surface area contributed by atoms with Gasteiger partial charge in [-0.25, -0.2) is 4.79 Å². The molecule has 8 nitrogen and oxygen atoms in total. The zero-order chi connectivity index (χ0) is 22.1. The fourth-order valence-corrected chi connectivity index (χ4v) is 2.94. The first-order chi connectivity index (χ1) is 14.4. The largest absolute Gasteiger partial charge is 0.487 e. The number of nitro groups is 1. The van der Waals surface area contributed by atoms with E-state index >= 15 is 0 Å². The van der Waals surface area contributed by atoms with Crippen LogP contribution in [0, 0.1) is 10.1 Å². The van der Waals surface area contributed by atoms with Crippen molar-refractivity contribution in [1.29, 1.82) is 0 Å². The van der Waals surface area contributed by atoms with E-state index in [1.54, 1.807) is 6.92 Å². The summed E-state index contributed by atoms with van der Waals surface area (Å²) in [5.74, 6) is -1.04. The highest BCUT2D eigenvalue weighted by Crippen LogP contribution is 2.28. The number of nitrogens with zero attached hydrogens (tertiary/aromatic N) is 1. The number of benzene rings is 2. The first kappa shape index (κ1) is 22.9. The van der Waals surface area contributed by atoms with Gasteiger partial charge in [0.15, 0.2) is 11.9 Å². The number of carbonyl (C=O) groups is 2. The zero-order valence-corrected chi connectivity index (χ0v) is 17.3. The molecule has 0 aromatic heterocycles. The van der Waals surface area contributed by atoms with E-state index in [-0.39, 0.29) is 29.5 Å². The third kappa shape index (κ3) is 6.04. The van der Waals surface area contributed by atoms with Crippen molar-refractivity contribution in [3.8, 4) is 5.75 Å². The van der Waals surface area contributed by atoms with Gasteiger partial charge in [-0.2, -0.15) is 0 Å². The number of amides is 1. The van der Waals surface area contributed by atoms with E-state index in [9.17, 15) is 19.7 Å². The molecule has 30 heavy (non-hydrogen) atoms. The van der Waals surface area contributed by atoms with Gasteiger partial charge in [-0.3, -0.25) is 14.9 Å². The molecule has 0 aliphatic rings. The standard InChI is InChI=1S/C22H26N2O6/c1-4-16(17-9-7-6-8-10-17)14-23-21(25)15(3)30-22(26)18-11-12-20(29-5-2)19(13-18)24(27)28/h6-13,15-16H,4-5,14H2,1-3H3,(H,23,25)/t15-,16+/m1/s1. The molecule has 2 rings (SSSR count). The van der Waals surface area contributed by atoms with E-state index in [4.69, 9.17) is 9.47 Å². The van der Waals surface area contributed by atoms with Crippen molar-refractivity contribution in [2.45, 2.75) is 39.2 Å². The highest BCUT2D eigenvalue weighted by atomic mass is 16.6. The van der Waals surface area contributed by atoms with Crippen molar-refractivity contribution < 1.29 is 24.0 Å². The number of hydrogen-bond acceptors (Lipinski definition) is 6. The molecule has 0 fully saturated rings. The molecule has 0 saturated heterocycles. The lowest BCUT2D eigenvalue weighted by atomic mass is 9.96. The van der Waals surface area contributed by atoms with Crippen LogP contribution in [0.3, 0.4) is 0 Å². The van der Waals surface area contributed by atoms with Crippen LogP contribution in [0.5, 0.6) is 5.75 Å². The Morgan fingerprint density at radius 3 is 2.43 bits per heavy atom. The van der Waals surface area contributed by atoms with Crippen LogP contribution in [0.25, 0.3) is 0 Å². The second-order valence-corrected chi connectivity index (χ2v) is 6.68. The summed E-state index contributed by atoms with van der Waals surface area (Å²) in [5.41, 5.74) is 0.754. The zero-order valence-electron chi connectivity index (χ0n) is 17.3. The molecule has 8 heteroatoms. The Kier molecular flexibility index (Phi) is 8.34. The fourth-order valence-electron chi connectivity index (χ4n) is 2.94. The summed E-state index contributed by atoms with van der Waals surface area (Å²) in [6.45, 7) is 5.86. The summed E-state index contributed by atoms with van der Waals surface area (Å²) in [4.78, 5) is 35.3. The molecule has 160 valence electrons. The number of nitrogens with one attached hydrogen (secondary N) is 1. The number of esters is 1. The lowest BCUT2D eigenvalue weighted by Crippen LogP contribution is -2.38. The molecule has 0 bridgehead atoms. The smallest absolute Gasteiger partial charge is 0.339 e. The number of nitro benzene ring substituents is 1. The normalized spacial score (nSPS) is 12.5. The van der Waals surface area contributed by atoms with Crippen molar-refractivity contribution in [3.05, 3.63) is 69.8 Å². The summed E-state index contributed by atoms with van der Waals surface area (Å²) in [5, 5.41) is 14.0. The summed E-state index contributed by atoms with van der Waals surface area (Å²) < 4.78 is 10.4. The SMILES string of the molecule is CCOc1ccc(C(=O)O[C@H](C)C(=O)NC[C@H](CC)c2ccccc2)cc1[N+](=O)[O-]. The van der Waals surface area contributed by atoms with Crippen LogP contribution in [0.1, 0.15) is 49.0 Å². The minimum Gasteiger partial charge on any atom is -0.487 e. The molecule has 0 aliphatic heterocycles. The predicted molar refractivity (Wildman–Crippen MR) is 112 cm³/mol. The molecule has 0 unspecified atom stereocenters. The van der Waals surface area contributed by atoms with E-state index in [2.05, 4.69) is 5.32 Å². The van der Waals surface area contributed by atoms with Gasteiger partial charge in [-0.05, 0) is 38.0 Å². The van der Waals surface area contributed by atoms with Crippen LogP contribution in [0.15, 0.2) is 48.5 Å². The van der Waals surface area contributed by atoms with E-state index in [0.29, 0.717) is 6.54 Å². The third-order valence-corrected chi connectivity index (χ3v) is 4.63. The number of hydrogen-bond donors (Lipinski definition) is 1. The molecule has 0 saturated carbocycles. The Morgan fingerprint density at radius 1 is 1.13 bits per heavy atom.